The molecule has 2 rings (SSSR count). The van der Waals surface area contributed by atoms with Gasteiger partial charge in [-0.1, -0.05) is 24.3 Å². The zero-order valence-corrected chi connectivity index (χ0v) is 17.6. The number of nitrogens with one attached hydrogen (secondary N) is 2. The number of guanidine groups is 1. The van der Waals surface area contributed by atoms with Gasteiger partial charge in [0.2, 0.25) is 0 Å². The normalized spacial score (nSPS) is 18.2. The van der Waals surface area contributed by atoms with E-state index in [0.717, 1.165) is 58.3 Å². The quantitative estimate of drug-likeness (QED) is 0.339. The van der Waals surface area contributed by atoms with E-state index in [-0.39, 0.29) is 0 Å². The summed E-state index contributed by atoms with van der Waals surface area (Å²) in [6.07, 6.45) is 1.25. The molecule has 0 saturated carbocycles. The van der Waals surface area contributed by atoms with Crippen LogP contribution < -0.4 is 10.6 Å². The molecule has 7 heteroatoms. The van der Waals surface area contributed by atoms with Gasteiger partial charge in [0, 0.05) is 53.5 Å². The first kappa shape index (κ1) is 22.6. The van der Waals surface area contributed by atoms with Crippen LogP contribution >= 0.6 is 0 Å². The molecule has 1 unspecified atom stereocenters. The maximum Gasteiger partial charge on any atom is 0.191 e. The molecule has 2 N–H and O–H groups in total. The van der Waals surface area contributed by atoms with Crippen LogP contribution in [0.25, 0.3) is 0 Å². The lowest BCUT2D eigenvalue weighted by atomic mass is 10.1. The Morgan fingerprint density at radius 3 is 2.89 bits per heavy atom. The topological polar surface area (TPSA) is 67.4 Å². The van der Waals surface area contributed by atoms with E-state index >= 15 is 0 Å². The summed E-state index contributed by atoms with van der Waals surface area (Å²) >= 11 is 0. The van der Waals surface area contributed by atoms with Gasteiger partial charge in [0.1, 0.15) is 0 Å². The van der Waals surface area contributed by atoms with Crippen molar-refractivity contribution in [1.82, 2.24) is 15.5 Å². The van der Waals surface area contributed by atoms with Gasteiger partial charge in [0.25, 0.3) is 0 Å². The van der Waals surface area contributed by atoms with Crippen molar-refractivity contribution in [3.05, 3.63) is 35.4 Å². The van der Waals surface area contributed by atoms with Gasteiger partial charge in [-0.2, -0.15) is 0 Å². The lowest BCUT2D eigenvalue weighted by molar-refractivity contribution is -0.0212. The van der Waals surface area contributed by atoms with Gasteiger partial charge >= 0.3 is 0 Å². The number of hydrogen-bond donors (Lipinski definition) is 2. The monoisotopic (exact) mass is 392 g/mol. The fourth-order valence-corrected chi connectivity index (χ4v) is 3.16. The Labute approximate surface area is 169 Å². The summed E-state index contributed by atoms with van der Waals surface area (Å²) in [6.45, 7) is 9.49. The van der Waals surface area contributed by atoms with Crippen molar-refractivity contribution in [3.8, 4) is 0 Å². The van der Waals surface area contributed by atoms with Crippen LogP contribution in [0.4, 0.5) is 0 Å². The summed E-state index contributed by atoms with van der Waals surface area (Å²) in [5.74, 6) is 0.810. The summed E-state index contributed by atoms with van der Waals surface area (Å²) in [7, 11) is 3.47. The average Bonchev–Trinajstić information content (AvgIpc) is 2.70. The highest BCUT2D eigenvalue weighted by Gasteiger charge is 2.16. The molecule has 7 nitrogen and oxygen atoms in total. The van der Waals surface area contributed by atoms with Crippen LogP contribution in [0.3, 0.4) is 0 Å². The van der Waals surface area contributed by atoms with Crippen molar-refractivity contribution in [1.29, 1.82) is 0 Å². The molecular formula is C21H36N4O3. The molecule has 0 aromatic heterocycles. The van der Waals surface area contributed by atoms with E-state index in [1.54, 1.807) is 14.2 Å². The van der Waals surface area contributed by atoms with Crippen LogP contribution in [-0.2, 0) is 27.3 Å². The molecular weight excluding hydrogens is 356 g/mol. The van der Waals surface area contributed by atoms with Crippen LogP contribution in [0.1, 0.15) is 24.5 Å². The van der Waals surface area contributed by atoms with Gasteiger partial charge in [0.15, 0.2) is 5.96 Å². The van der Waals surface area contributed by atoms with E-state index in [1.807, 2.05) is 0 Å². The summed E-state index contributed by atoms with van der Waals surface area (Å²) in [6, 6.07) is 8.74. The molecule has 1 aliphatic rings. The van der Waals surface area contributed by atoms with Crippen molar-refractivity contribution in [2.45, 2.75) is 32.5 Å². The first-order chi connectivity index (χ1) is 13.7. The van der Waals surface area contributed by atoms with E-state index < -0.39 is 0 Å². The molecule has 0 amide bonds. The Morgan fingerprint density at radius 1 is 1.25 bits per heavy atom. The number of benzene rings is 1. The van der Waals surface area contributed by atoms with Gasteiger partial charge < -0.3 is 24.8 Å². The maximum absolute atomic E-state index is 5.63. The van der Waals surface area contributed by atoms with Crippen molar-refractivity contribution < 1.29 is 14.2 Å². The van der Waals surface area contributed by atoms with Gasteiger partial charge in [-0.05, 0) is 24.5 Å². The largest absolute Gasteiger partial charge is 0.382 e. The standard InChI is InChI=1S/C21H36N4O3/c1-18-16-25(9-11-28-18)17-20-7-4-6-19(14-20)15-24-21(22-2)23-8-5-10-27-13-12-26-3/h4,6-7,14,18H,5,8-13,15-17H2,1-3H3,(H2,22,23,24). The summed E-state index contributed by atoms with van der Waals surface area (Å²) < 4.78 is 16.0. The predicted octanol–water partition coefficient (Wildman–Crippen LogP) is 1.63. The molecule has 0 spiro atoms. The molecule has 0 radical (unpaired) electrons. The molecule has 1 aromatic rings. The first-order valence-corrected chi connectivity index (χ1v) is 10.1. The van der Waals surface area contributed by atoms with Crippen molar-refractivity contribution in [3.63, 3.8) is 0 Å². The van der Waals surface area contributed by atoms with E-state index in [2.05, 4.69) is 51.7 Å². The molecule has 0 bridgehead atoms. The van der Waals surface area contributed by atoms with Crippen molar-refractivity contribution in [2.75, 3.05) is 60.2 Å². The third-order valence-electron chi connectivity index (χ3n) is 4.60. The molecule has 1 fully saturated rings. The highest BCUT2D eigenvalue weighted by atomic mass is 16.5. The number of aliphatic imine (C=N–C) groups is 1. The SMILES string of the molecule is CN=C(NCCCOCCOC)NCc1cccc(CN2CCOC(C)C2)c1. The van der Waals surface area contributed by atoms with Crippen LogP contribution in [0.5, 0.6) is 0 Å². The second kappa shape index (κ2) is 13.5. The summed E-state index contributed by atoms with van der Waals surface area (Å²) in [5.41, 5.74) is 2.59. The second-order valence-corrected chi connectivity index (χ2v) is 7.05. The Morgan fingerprint density at radius 2 is 2.11 bits per heavy atom. The third-order valence-corrected chi connectivity index (χ3v) is 4.60. The molecule has 1 aromatic carbocycles. The fourth-order valence-electron chi connectivity index (χ4n) is 3.16. The van der Waals surface area contributed by atoms with Crippen LogP contribution in [0.15, 0.2) is 29.3 Å². The number of nitrogens with zero attached hydrogens (tertiary/aromatic N) is 2. The zero-order valence-electron chi connectivity index (χ0n) is 17.6. The van der Waals surface area contributed by atoms with E-state index in [4.69, 9.17) is 14.2 Å². The molecule has 1 aliphatic heterocycles. The van der Waals surface area contributed by atoms with Gasteiger partial charge in [0.05, 0.1) is 25.9 Å². The van der Waals surface area contributed by atoms with Crippen LogP contribution in [-0.4, -0.2) is 77.2 Å². The van der Waals surface area contributed by atoms with Crippen molar-refractivity contribution >= 4 is 5.96 Å². The third kappa shape index (κ3) is 9.01. The molecule has 28 heavy (non-hydrogen) atoms. The maximum atomic E-state index is 5.63. The lowest BCUT2D eigenvalue weighted by Crippen LogP contribution is -2.40. The first-order valence-electron chi connectivity index (χ1n) is 10.1. The minimum Gasteiger partial charge on any atom is -0.382 e. The van der Waals surface area contributed by atoms with E-state index in [9.17, 15) is 0 Å². The number of ether oxygens (including phenoxy) is 3. The molecule has 1 heterocycles. The fraction of sp³-hybridized carbons (Fsp3) is 0.667. The molecule has 0 aliphatic carbocycles. The minimum atomic E-state index is 0.318. The summed E-state index contributed by atoms with van der Waals surface area (Å²) in [4.78, 5) is 6.74. The predicted molar refractivity (Wildman–Crippen MR) is 113 cm³/mol. The van der Waals surface area contributed by atoms with E-state index in [1.165, 1.54) is 11.1 Å². The number of hydrogen-bond acceptors (Lipinski definition) is 5. The molecule has 1 atom stereocenters. The average molecular weight is 393 g/mol. The number of methoxy groups -OCH3 is 1. The van der Waals surface area contributed by atoms with Gasteiger partial charge in [-0.15, -0.1) is 0 Å². The Bertz CT molecular complexity index is 583. The number of rotatable bonds is 11. The van der Waals surface area contributed by atoms with E-state index in [0.29, 0.717) is 19.3 Å². The molecule has 158 valence electrons. The Hall–Kier alpha value is -1.67. The van der Waals surface area contributed by atoms with Crippen LogP contribution in [0, 0.1) is 0 Å². The smallest absolute Gasteiger partial charge is 0.191 e. The highest BCUT2D eigenvalue weighted by Crippen LogP contribution is 2.12. The minimum absolute atomic E-state index is 0.318. The number of morpholine rings is 1. The Kier molecular flexibility index (Phi) is 10.9. The Balaban J connectivity index is 1.69. The van der Waals surface area contributed by atoms with Gasteiger partial charge in [-0.25, -0.2) is 0 Å². The van der Waals surface area contributed by atoms with Crippen molar-refractivity contribution in [2.24, 2.45) is 4.99 Å². The zero-order chi connectivity index (χ0) is 20.0. The highest BCUT2D eigenvalue weighted by molar-refractivity contribution is 5.79. The van der Waals surface area contributed by atoms with Crippen LogP contribution in [0.2, 0.25) is 0 Å². The summed E-state index contributed by atoms with van der Waals surface area (Å²) in [5, 5.41) is 6.70. The lowest BCUT2D eigenvalue weighted by Gasteiger charge is -2.31. The molecule has 1 saturated heterocycles. The second-order valence-electron chi connectivity index (χ2n) is 7.05. The van der Waals surface area contributed by atoms with Gasteiger partial charge in [-0.3, -0.25) is 9.89 Å².